The Morgan fingerprint density at radius 3 is 2.25 bits per heavy atom. The van der Waals surface area contributed by atoms with Crippen LogP contribution in [0.3, 0.4) is 0 Å². The van der Waals surface area contributed by atoms with Crippen molar-refractivity contribution in [1.29, 1.82) is 0 Å². The lowest BCUT2D eigenvalue weighted by Gasteiger charge is -2.32. The monoisotopic (exact) mass is 515 g/mol. The van der Waals surface area contributed by atoms with Gasteiger partial charge in [0.25, 0.3) is 0 Å². The Kier molecular flexibility index (Phi) is 9.00. The quantitative estimate of drug-likeness (QED) is 0.522. The molecular formula is C27H37N3O5S. The van der Waals surface area contributed by atoms with E-state index in [1.165, 1.54) is 4.90 Å². The van der Waals surface area contributed by atoms with E-state index in [2.05, 4.69) is 5.32 Å². The van der Waals surface area contributed by atoms with Crippen molar-refractivity contribution in [3.05, 3.63) is 59.2 Å². The molecule has 1 aliphatic rings. The van der Waals surface area contributed by atoms with Crippen molar-refractivity contribution in [2.75, 3.05) is 24.2 Å². The predicted molar refractivity (Wildman–Crippen MR) is 142 cm³/mol. The lowest BCUT2D eigenvalue weighted by atomic mass is 10.1. The molecule has 2 aromatic rings. The van der Waals surface area contributed by atoms with Crippen molar-refractivity contribution in [2.45, 2.75) is 65.1 Å². The Morgan fingerprint density at radius 2 is 1.69 bits per heavy atom. The van der Waals surface area contributed by atoms with Gasteiger partial charge in [-0.1, -0.05) is 31.0 Å². The van der Waals surface area contributed by atoms with Gasteiger partial charge in [-0.2, -0.15) is 0 Å². The summed E-state index contributed by atoms with van der Waals surface area (Å²) in [5.41, 5.74) is 3.17. The van der Waals surface area contributed by atoms with Crippen LogP contribution in [0, 0.1) is 13.8 Å². The van der Waals surface area contributed by atoms with E-state index in [1.807, 2.05) is 32.0 Å². The molecule has 36 heavy (non-hydrogen) atoms. The summed E-state index contributed by atoms with van der Waals surface area (Å²) in [6.45, 7) is 5.28. The van der Waals surface area contributed by atoms with Gasteiger partial charge < -0.3 is 15.0 Å². The van der Waals surface area contributed by atoms with Gasteiger partial charge in [0.15, 0.2) is 0 Å². The molecule has 1 saturated carbocycles. The van der Waals surface area contributed by atoms with Crippen LogP contribution in [0.1, 0.15) is 49.3 Å². The molecular weight excluding hydrogens is 478 g/mol. The number of rotatable bonds is 10. The Morgan fingerprint density at radius 1 is 1.06 bits per heavy atom. The lowest BCUT2D eigenvalue weighted by Crippen LogP contribution is -2.52. The van der Waals surface area contributed by atoms with Gasteiger partial charge in [-0.3, -0.25) is 13.9 Å². The van der Waals surface area contributed by atoms with Gasteiger partial charge in [-0.25, -0.2) is 8.42 Å². The summed E-state index contributed by atoms with van der Waals surface area (Å²) in [6, 6.07) is 11.9. The molecule has 0 aliphatic heterocycles. The Bertz CT molecular complexity index is 1170. The first-order valence-corrected chi connectivity index (χ1v) is 14.1. The minimum atomic E-state index is -3.75. The largest absolute Gasteiger partial charge is 0.497 e. The summed E-state index contributed by atoms with van der Waals surface area (Å²) in [6.07, 6.45) is 5.10. The summed E-state index contributed by atoms with van der Waals surface area (Å²) in [5.74, 6) is -0.00830. The first kappa shape index (κ1) is 27.5. The van der Waals surface area contributed by atoms with Crippen LogP contribution in [0.4, 0.5) is 5.69 Å². The number of amides is 2. The Balaban J connectivity index is 1.88. The molecule has 8 nitrogen and oxygen atoms in total. The van der Waals surface area contributed by atoms with Gasteiger partial charge in [0.05, 0.1) is 19.1 Å². The lowest BCUT2D eigenvalue weighted by molar-refractivity contribution is -0.139. The molecule has 2 aromatic carbocycles. The fraction of sp³-hybridized carbons (Fsp3) is 0.481. The molecule has 1 aliphatic carbocycles. The number of nitrogens with one attached hydrogen (secondary N) is 1. The van der Waals surface area contributed by atoms with Gasteiger partial charge in [0.2, 0.25) is 21.8 Å². The van der Waals surface area contributed by atoms with Crippen LogP contribution in [-0.2, 0) is 26.2 Å². The van der Waals surface area contributed by atoms with Gasteiger partial charge in [0, 0.05) is 12.6 Å². The predicted octanol–water partition coefficient (Wildman–Crippen LogP) is 3.55. The smallest absolute Gasteiger partial charge is 0.244 e. The van der Waals surface area contributed by atoms with E-state index in [-0.39, 0.29) is 18.5 Å². The van der Waals surface area contributed by atoms with Crippen LogP contribution in [0.2, 0.25) is 0 Å². The molecule has 1 N–H and O–H groups in total. The Hall–Kier alpha value is -3.07. The molecule has 2 amide bonds. The van der Waals surface area contributed by atoms with Crippen molar-refractivity contribution < 1.29 is 22.7 Å². The maximum atomic E-state index is 13.7. The summed E-state index contributed by atoms with van der Waals surface area (Å²) >= 11 is 0. The number of carbonyl (C=O) groups is 2. The van der Waals surface area contributed by atoms with Crippen molar-refractivity contribution in [1.82, 2.24) is 10.2 Å². The molecule has 1 unspecified atom stereocenters. The molecule has 0 spiro atoms. The maximum Gasteiger partial charge on any atom is 0.244 e. The molecule has 3 rings (SSSR count). The van der Waals surface area contributed by atoms with E-state index in [9.17, 15) is 18.0 Å². The number of hydrogen-bond donors (Lipinski definition) is 1. The van der Waals surface area contributed by atoms with E-state index in [0.29, 0.717) is 11.4 Å². The van der Waals surface area contributed by atoms with E-state index < -0.39 is 28.5 Å². The van der Waals surface area contributed by atoms with E-state index in [0.717, 1.165) is 52.9 Å². The van der Waals surface area contributed by atoms with E-state index in [4.69, 9.17) is 4.74 Å². The summed E-state index contributed by atoms with van der Waals surface area (Å²) in [7, 11) is -2.18. The minimum absolute atomic E-state index is 0.112. The van der Waals surface area contributed by atoms with Crippen LogP contribution in [0.15, 0.2) is 42.5 Å². The second-order valence-electron chi connectivity index (χ2n) is 9.57. The fourth-order valence-corrected chi connectivity index (χ4v) is 5.24. The van der Waals surface area contributed by atoms with E-state index in [1.54, 1.807) is 38.3 Å². The normalized spacial score (nSPS) is 14.8. The molecule has 0 heterocycles. The van der Waals surface area contributed by atoms with Crippen molar-refractivity contribution in [3.8, 4) is 5.75 Å². The van der Waals surface area contributed by atoms with Crippen LogP contribution >= 0.6 is 0 Å². The highest BCUT2D eigenvalue weighted by molar-refractivity contribution is 7.92. The number of anilines is 1. The highest BCUT2D eigenvalue weighted by Crippen LogP contribution is 2.23. The topological polar surface area (TPSA) is 96.0 Å². The van der Waals surface area contributed by atoms with Crippen LogP contribution in [0.5, 0.6) is 5.75 Å². The molecule has 1 atom stereocenters. The fourth-order valence-electron chi connectivity index (χ4n) is 4.40. The SMILES string of the molecule is COc1ccc(CN(C(=O)CN(c2ccc(C)c(C)c2)S(C)(=O)=O)C(C)C(=O)NC2CCCC2)cc1. The number of ether oxygens (including phenoxy) is 1. The molecule has 1 fully saturated rings. The molecule has 0 bridgehead atoms. The summed E-state index contributed by atoms with van der Waals surface area (Å²) < 4.78 is 31.7. The molecule has 9 heteroatoms. The van der Waals surface area contributed by atoms with Gasteiger partial charge in [-0.05, 0) is 74.6 Å². The van der Waals surface area contributed by atoms with Crippen LogP contribution < -0.4 is 14.4 Å². The summed E-state index contributed by atoms with van der Waals surface area (Å²) in [4.78, 5) is 28.2. The van der Waals surface area contributed by atoms with Crippen molar-refractivity contribution in [3.63, 3.8) is 0 Å². The number of methoxy groups -OCH3 is 1. The Labute approximate surface area is 214 Å². The molecule has 196 valence electrons. The third-order valence-corrected chi connectivity index (χ3v) is 7.98. The molecule has 0 radical (unpaired) electrons. The van der Waals surface area contributed by atoms with Crippen molar-refractivity contribution >= 4 is 27.5 Å². The van der Waals surface area contributed by atoms with Crippen LogP contribution in [0.25, 0.3) is 0 Å². The first-order valence-electron chi connectivity index (χ1n) is 12.3. The highest BCUT2D eigenvalue weighted by Gasteiger charge is 2.31. The minimum Gasteiger partial charge on any atom is -0.497 e. The van der Waals surface area contributed by atoms with Gasteiger partial charge >= 0.3 is 0 Å². The van der Waals surface area contributed by atoms with Gasteiger partial charge in [0.1, 0.15) is 18.3 Å². The number of aryl methyl sites for hydroxylation is 2. The standard InChI is InChI=1S/C27H37N3O5S/c1-19-10-13-24(16-20(19)2)30(36(5,33)34)18-26(31)29(17-22-11-14-25(35-4)15-12-22)21(3)27(32)28-23-8-6-7-9-23/h10-16,21,23H,6-9,17-18H2,1-5H3,(H,28,32). The van der Waals surface area contributed by atoms with E-state index >= 15 is 0 Å². The second-order valence-corrected chi connectivity index (χ2v) is 11.5. The number of nitrogens with zero attached hydrogens (tertiary/aromatic N) is 2. The molecule has 0 saturated heterocycles. The first-order chi connectivity index (χ1) is 17.0. The average Bonchev–Trinajstić information content (AvgIpc) is 3.35. The number of benzene rings is 2. The maximum absolute atomic E-state index is 13.7. The zero-order valence-electron chi connectivity index (χ0n) is 21.8. The third-order valence-electron chi connectivity index (χ3n) is 6.84. The second kappa shape index (κ2) is 11.8. The average molecular weight is 516 g/mol. The number of carbonyl (C=O) groups excluding carboxylic acids is 2. The molecule has 0 aromatic heterocycles. The van der Waals surface area contributed by atoms with Gasteiger partial charge in [-0.15, -0.1) is 0 Å². The zero-order chi connectivity index (χ0) is 26.5. The third kappa shape index (κ3) is 7.00. The number of hydrogen-bond acceptors (Lipinski definition) is 5. The van der Waals surface area contributed by atoms with Crippen LogP contribution in [-0.4, -0.2) is 57.1 Å². The van der Waals surface area contributed by atoms with Crippen molar-refractivity contribution in [2.24, 2.45) is 0 Å². The zero-order valence-corrected chi connectivity index (χ0v) is 22.6. The summed E-state index contributed by atoms with van der Waals surface area (Å²) in [5, 5.41) is 3.06. The number of sulfonamides is 1. The highest BCUT2D eigenvalue weighted by atomic mass is 32.2.